The zero-order valence-electron chi connectivity index (χ0n) is 27.9. The predicted molar refractivity (Wildman–Crippen MR) is 177 cm³/mol. The number of nitrogens with one attached hydrogen (secondary N) is 3. The minimum absolute atomic E-state index is 0.191. The molecule has 1 saturated heterocycles. The molecule has 1 aromatic rings. The molecule has 4 aliphatic heterocycles. The Kier molecular flexibility index (Phi) is 8.71. The van der Waals surface area contributed by atoms with E-state index in [0.29, 0.717) is 48.9 Å². The number of hydrogen-bond acceptors (Lipinski definition) is 10. The second-order valence-electron chi connectivity index (χ2n) is 14.4. The Balaban J connectivity index is 1.04. The number of anilines is 1. The topological polar surface area (TPSA) is 122 Å². The summed E-state index contributed by atoms with van der Waals surface area (Å²) in [6, 6.07) is 4.78. The highest BCUT2D eigenvalue weighted by Gasteiger charge is 2.46. The molecule has 12 nitrogen and oxygen atoms in total. The molecule has 2 atom stereocenters. The maximum Gasteiger partial charge on any atom is 0.275 e. The van der Waals surface area contributed by atoms with Crippen molar-refractivity contribution in [1.82, 2.24) is 35.1 Å². The van der Waals surface area contributed by atoms with Crippen molar-refractivity contribution in [2.24, 2.45) is 11.7 Å². The molecule has 4 heterocycles. The Morgan fingerprint density at radius 1 is 1.04 bits per heavy atom. The van der Waals surface area contributed by atoms with Crippen molar-refractivity contribution < 1.29 is 14.3 Å². The summed E-state index contributed by atoms with van der Waals surface area (Å²) in [7, 11) is 3.63. The monoisotopic (exact) mass is 635 g/mol. The van der Waals surface area contributed by atoms with Gasteiger partial charge in [-0.15, -0.1) is 0 Å². The van der Waals surface area contributed by atoms with E-state index in [2.05, 4.69) is 48.5 Å². The summed E-state index contributed by atoms with van der Waals surface area (Å²) in [5.41, 5.74) is 10.5. The fraction of sp³-hybridized carbons (Fsp3) is 0.706. The number of amides is 2. The van der Waals surface area contributed by atoms with Gasteiger partial charge in [0.2, 0.25) is 11.8 Å². The van der Waals surface area contributed by atoms with E-state index in [9.17, 15) is 9.59 Å². The number of ether oxygens (including phenoxy) is 1. The lowest BCUT2D eigenvalue weighted by atomic mass is 9.98. The summed E-state index contributed by atoms with van der Waals surface area (Å²) in [5, 5.41) is 9.91. The number of fused-ring (bicyclic) bond motifs is 1. The average Bonchev–Trinajstić information content (AvgIpc) is 3.69. The maximum absolute atomic E-state index is 13.6. The third kappa shape index (κ3) is 6.35. The summed E-state index contributed by atoms with van der Waals surface area (Å²) >= 11 is 0. The zero-order valence-corrected chi connectivity index (χ0v) is 27.9. The van der Waals surface area contributed by atoms with Crippen molar-refractivity contribution in [2.75, 3.05) is 71.8 Å². The van der Waals surface area contributed by atoms with Crippen LogP contribution in [0.4, 0.5) is 5.69 Å². The second kappa shape index (κ2) is 12.8. The number of hydrogen-bond donors (Lipinski definition) is 4. The van der Waals surface area contributed by atoms with E-state index in [4.69, 9.17) is 10.5 Å². The molecule has 6 aliphatic rings. The van der Waals surface area contributed by atoms with Crippen molar-refractivity contribution in [1.29, 1.82) is 0 Å². The van der Waals surface area contributed by atoms with Gasteiger partial charge >= 0.3 is 0 Å². The summed E-state index contributed by atoms with van der Waals surface area (Å²) in [6.07, 6.45) is 9.17. The molecule has 1 unspecified atom stereocenters. The van der Waals surface area contributed by atoms with Gasteiger partial charge in [0.25, 0.3) is 5.91 Å². The highest BCUT2D eigenvalue weighted by molar-refractivity contribution is 5.95. The molecule has 0 aromatic heterocycles. The Morgan fingerprint density at radius 2 is 1.78 bits per heavy atom. The molecule has 0 spiro atoms. The Bertz CT molecular complexity index is 1350. The largest absolute Gasteiger partial charge is 0.495 e. The van der Waals surface area contributed by atoms with Crippen LogP contribution < -0.4 is 26.4 Å². The van der Waals surface area contributed by atoms with E-state index in [0.717, 1.165) is 81.3 Å². The molecule has 3 fully saturated rings. The van der Waals surface area contributed by atoms with Crippen molar-refractivity contribution in [3.05, 3.63) is 34.8 Å². The first-order valence-electron chi connectivity index (χ1n) is 17.6. The smallest absolute Gasteiger partial charge is 0.275 e. The van der Waals surface area contributed by atoms with Crippen LogP contribution in [0, 0.1) is 5.92 Å². The quantitative estimate of drug-likeness (QED) is 0.297. The number of methoxy groups -OCH3 is 1. The van der Waals surface area contributed by atoms with Gasteiger partial charge in [-0.2, -0.15) is 0 Å². The summed E-state index contributed by atoms with van der Waals surface area (Å²) in [5.74, 6) is 0.925. The average molecular weight is 636 g/mol. The number of carbonyl (C=O) groups excluding carboxylic acids is 2. The molecule has 7 rings (SSSR count). The van der Waals surface area contributed by atoms with Crippen LogP contribution in [0.15, 0.2) is 23.7 Å². The molecule has 5 N–H and O–H groups in total. The standard InChI is InChI=1S/C34H53N9O3/c1-4-26-21-39(2)31-32(43(26)27-7-5-6-8-27)37-34(35,38-33(31)45)36-28-17-24-11-12-42(20-25(24)18-29(28)46-3)30(44)22-41-15-13-40(14-16-41)19-23-9-10-23/h17-18,23,26-27,36-37H,4-16,19-22,35H2,1-3H3,(H,38,45)/t26?,34-/m1/s1. The van der Waals surface area contributed by atoms with Crippen molar-refractivity contribution in [2.45, 2.75) is 82.8 Å². The fourth-order valence-electron chi connectivity index (χ4n) is 8.26. The first-order valence-corrected chi connectivity index (χ1v) is 17.6. The van der Waals surface area contributed by atoms with E-state index >= 15 is 0 Å². The first-order chi connectivity index (χ1) is 22.2. The normalized spacial score (nSPS) is 27.7. The third-order valence-electron chi connectivity index (χ3n) is 11.0. The number of nitrogens with zero attached hydrogens (tertiary/aromatic N) is 5. The molecule has 0 radical (unpaired) electrons. The van der Waals surface area contributed by atoms with Gasteiger partial charge in [0, 0.05) is 71.5 Å². The van der Waals surface area contributed by atoms with Gasteiger partial charge in [0.05, 0.1) is 19.3 Å². The van der Waals surface area contributed by atoms with Crippen LogP contribution >= 0.6 is 0 Å². The molecule has 252 valence electrons. The number of likely N-dealkylation sites (N-methyl/N-ethyl adjacent to an activating group) is 1. The lowest BCUT2D eigenvalue weighted by molar-refractivity contribution is -0.133. The number of rotatable bonds is 9. The highest BCUT2D eigenvalue weighted by Crippen LogP contribution is 2.37. The van der Waals surface area contributed by atoms with Gasteiger partial charge in [-0.3, -0.25) is 25.5 Å². The molecule has 2 amide bonds. The molecule has 2 aliphatic carbocycles. The SMILES string of the molecule is CCC1CN(C)C2=C(N[C@@](N)(Nc3cc4c(cc3OC)CN(C(=O)CN3CCN(CC5CC5)CC3)CC4)NC2=O)N1C1CCCC1. The molecule has 1 aromatic carbocycles. The van der Waals surface area contributed by atoms with Crippen LogP contribution in [0.2, 0.25) is 0 Å². The maximum atomic E-state index is 13.6. The molecular formula is C34H53N9O3. The van der Waals surface area contributed by atoms with Gasteiger partial charge in [0.15, 0.2) is 0 Å². The van der Waals surface area contributed by atoms with Crippen molar-refractivity contribution >= 4 is 17.5 Å². The second-order valence-corrected chi connectivity index (χ2v) is 14.4. The van der Waals surface area contributed by atoms with E-state index in [1.807, 2.05) is 18.0 Å². The lowest BCUT2D eigenvalue weighted by Gasteiger charge is -2.52. The Morgan fingerprint density at radius 3 is 2.48 bits per heavy atom. The highest BCUT2D eigenvalue weighted by atomic mass is 16.5. The van der Waals surface area contributed by atoms with Crippen LogP contribution in [-0.4, -0.2) is 121 Å². The van der Waals surface area contributed by atoms with Gasteiger partial charge in [-0.1, -0.05) is 19.8 Å². The first kappa shape index (κ1) is 31.4. The van der Waals surface area contributed by atoms with Gasteiger partial charge < -0.3 is 35.0 Å². The molecular weight excluding hydrogens is 582 g/mol. The summed E-state index contributed by atoms with van der Waals surface area (Å²) in [4.78, 5) is 38.3. The van der Waals surface area contributed by atoms with E-state index < -0.39 is 5.91 Å². The van der Waals surface area contributed by atoms with Crippen LogP contribution in [0.25, 0.3) is 0 Å². The molecule has 46 heavy (non-hydrogen) atoms. The van der Waals surface area contributed by atoms with Crippen LogP contribution in [-0.2, 0) is 22.6 Å². The minimum atomic E-state index is -1.41. The van der Waals surface area contributed by atoms with E-state index in [-0.39, 0.29) is 11.8 Å². The van der Waals surface area contributed by atoms with Crippen LogP contribution in [0.1, 0.15) is 63.0 Å². The lowest BCUT2D eigenvalue weighted by Crippen LogP contribution is -2.76. The zero-order chi connectivity index (χ0) is 32.0. The van der Waals surface area contributed by atoms with Gasteiger partial charge in [-0.05, 0) is 67.7 Å². The van der Waals surface area contributed by atoms with Gasteiger partial charge in [0.1, 0.15) is 17.3 Å². The number of nitrogens with two attached hydrogens (primary N) is 1. The van der Waals surface area contributed by atoms with Crippen LogP contribution in [0.5, 0.6) is 5.75 Å². The molecule has 12 heteroatoms. The number of piperazine rings is 1. The third-order valence-corrected chi connectivity index (χ3v) is 11.0. The summed E-state index contributed by atoms with van der Waals surface area (Å²) < 4.78 is 5.84. The predicted octanol–water partition coefficient (Wildman–Crippen LogP) is 1.45. The van der Waals surface area contributed by atoms with Gasteiger partial charge in [-0.25, -0.2) is 0 Å². The molecule has 0 bridgehead atoms. The number of benzene rings is 1. The summed E-state index contributed by atoms with van der Waals surface area (Å²) in [6.45, 7) is 10.0. The Hall–Kier alpha value is -3.22. The fourth-order valence-corrected chi connectivity index (χ4v) is 8.26. The van der Waals surface area contributed by atoms with Crippen LogP contribution in [0.3, 0.4) is 0 Å². The van der Waals surface area contributed by atoms with Crippen molar-refractivity contribution in [3.63, 3.8) is 0 Å². The molecule has 2 saturated carbocycles. The van der Waals surface area contributed by atoms with E-state index in [1.165, 1.54) is 32.2 Å². The number of carbonyl (C=O) groups is 2. The minimum Gasteiger partial charge on any atom is -0.495 e. The van der Waals surface area contributed by atoms with E-state index in [1.54, 1.807) is 7.11 Å². The van der Waals surface area contributed by atoms with Crippen molar-refractivity contribution in [3.8, 4) is 5.75 Å². The Labute approximate surface area is 273 Å².